The van der Waals surface area contributed by atoms with Crippen molar-refractivity contribution >= 4 is 5.97 Å². The molecule has 0 unspecified atom stereocenters. The van der Waals surface area contributed by atoms with Gasteiger partial charge in [-0.05, 0) is 12.1 Å². The van der Waals surface area contributed by atoms with Crippen molar-refractivity contribution in [3.8, 4) is 11.5 Å². The van der Waals surface area contributed by atoms with Gasteiger partial charge in [0.05, 0.1) is 17.5 Å². The summed E-state index contributed by atoms with van der Waals surface area (Å²) in [7, 11) is 0. The molecule has 2 rings (SSSR count). The van der Waals surface area contributed by atoms with E-state index >= 15 is 0 Å². The number of carbonyl (C=O) groups is 1. The van der Waals surface area contributed by atoms with Gasteiger partial charge < -0.3 is 9.63 Å². The van der Waals surface area contributed by atoms with Crippen LogP contribution in [0.3, 0.4) is 0 Å². The summed E-state index contributed by atoms with van der Waals surface area (Å²) in [6, 6.07) is 5.89. The van der Waals surface area contributed by atoms with Crippen molar-refractivity contribution in [3.63, 3.8) is 0 Å². The van der Waals surface area contributed by atoms with Gasteiger partial charge in [0, 0.05) is 6.42 Å². The molecule has 1 aromatic heterocycles. The fourth-order valence-corrected chi connectivity index (χ4v) is 1.57. The predicted molar refractivity (Wildman–Crippen MR) is 61.1 cm³/mol. The van der Waals surface area contributed by atoms with Gasteiger partial charge in [0.2, 0.25) is 0 Å². The first kappa shape index (κ1) is 14.0. The first-order chi connectivity index (χ1) is 9.37. The summed E-state index contributed by atoms with van der Waals surface area (Å²) >= 11 is 0. The Balaban J connectivity index is 2.23. The highest BCUT2D eigenvalue weighted by molar-refractivity contribution is 5.94. The van der Waals surface area contributed by atoms with Crippen LogP contribution in [0.2, 0.25) is 0 Å². The van der Waals surface area contributed by atoms with Crippen LogP contribution in [0.15, 0.2) is 28.8 Å². The molecular weight excluding hydrogens is 277 g/mol. The lowest BCUT2D eigenvalue weighted by atomic mass is 10.1. The summed E-state index contributed by atoms with van der Waals surface area (Å²) in [6.07, 6.45) is -5.78. The Labute approximate surface area is 111 Å². The maximum absolute atomic E-state index is 12.1. The fraction of sp³-hybridized carbons (Fsp3) is 0.250. The maximum Gasteiger partial charge on any atom is 0.389 e. The molecule has 1 N–H and O–H groups in total. The van der Waals surface area contributed by atoms with Crippen molar-refractivity contribution in [3.05, 3.63) is 35.7 Å². The summed E-state index contributed by atoms with van der Waals surface area (Å²) < 4.78 is 41.0. The third-order valence-electron chi connectivity index (χ3n) is 2.49. The zero-order chi connectivity index (χ0) is 14.8. The van der Waals surface area contributed by atoms with E-state index in [1.807, 2.05) is 0 Å². The molecule has 5 nitrogen and oxygen atoms in total. The Morgan fingerprint density at radius 1 is 1.30 bits per heavy atom. The van der Waals surface area contributed by atoms with Gasteiger partial charge in [-0.3, -0.25) is 0 Å². The van der Waals surface area contributed by atoms with Gasteiger partial charge in [-0.25, -0.2) is 4.79 Å². The highest BCUT2D eigenvalue weighted by Crippen LogP contribution is 2.24. The quantitative estimate of drug-likeness (QED) is 0.935. The molecule has 106 valence electrons. The van der Waals surface area contributed by atoms with Gasteiger partial charge in [-0.15, -0.1) is 0 Å². The van der Waals surface area contributed by atoms with Gasteiger partial charge in [0.15, 0.2) is 5.82 Å². The molecule has 0 bridgehead atoms. The summed E-state index contributed by atoms with van der Waals surface area (Å²) in [4.78, 5) is 14.8. The van der Waals surface area contributed by atoms with Gasteiger partial charge >= 0.3 is 12.1 Å². The first-order valence-corrected chi connectivity index (χ1v) is 5.59. The molecule has 0 saturated carbocycles. The van der Waals surface area contributed by atoms with E-state index in [4.69, 9.17) is 9.63 Å². The number of aromatic carboxylic acids is 1. The third-order valence-corrected chi connectivity index (χ3v) is 2.49. The highest BCUT2D eigenvalue weighted by Gasteiger charge is 2.28. The van der Waals surface area contributed by atoms with Crippen LogP contribution >= 0.6 is 0 Å². The van der Waals surface area contributed by atoms with E-state index in [-0.39, 0.29) is 22.8 Å². The van der Waals surface area contributed by atoms with E-state index < -0.39 is 25.0 Å². The number of benzene rings is 1. The first-order valence-electron chi connectivity index (χ1n) is 5.59. The van der Waals surface area contributed by atoms with Crippen molar-refractivity contribution in [2.24, 2.45) is 0 Å². The van der Waals surface area contributed by atoms with Crippen LogP contribution in [-0.2, 0) is 6.42 Å². The van der Waals surface area contributed by atoms with E-state index in [0.29, 0.717) is 0 Å². The van der Waals surface area contributed by atoms with Gasteiger partial charge in [-0.1, -0.05) is 17.3 Å². The number of rotatable bonds is 4. The van der Waals surface area contributed by atoms with Crippen LogP contribution in [0.1, 0.15) is 22.6 Å². The molecule has 20 heavy (non-hydrogen) atoms. The Hall–Kier alpha value is -2.38. The van der Waals surface area contributed by atoms with Crippen molar-refractivity contribution in [1.29, 1.82) is 0 Å². The molecule has 0 aliphatic rings. The molecule has 1 heterocycles. The van der Waals surface area contributed by atoms with E-state index in [9.17, 15) is 18.0 Å². The van der Waals surface area contributed by atoms with Crippen molar-refractivity contribution in [2.75, 3.05) is 0 Å². The molecule has 2 aromatic rings. The van der Waals surface area contributed by atoms with Crippen molar-refractivity contribution in [1.82, 2.24) is 10.1 Å². The minimum atomic E-state index is -4.31. The molecule has 1 aromatic carbocycles. The topological polar surface area (TPSA) is 76.2 Å². The number of aromatic nitrogens is 2. The van der Waals surface area contributed by atoms with Crippen LogP contribution < -0.4 is 0 Å². The average Bonchev–Trinajstić information content (AvgIpc) is 2.84. The second-order valence-corrected chi connectivity index (χ2v) is 3.98. The molecule has 0 atom stereocenters. The Kier molecular flexibility index (Phi) is 3.73. The van der Waals surface area contributed by atoms with Crippen LogP contribution in [0.5, 0.6) is 0 Å². The molecule has 0 saturated heterocycles. The maximum atomic E-state index is 12.1. The van der Waals surface area contributed by atoms with Gasteiger partial charge in [-0.2, -0.15) is 18.2 Å². The zero-order valence-corrected chi connectivity index (χ0v) is 10.0. The highest BCUT2D eigenvalue weighted by atomic mass is 19.4. The lowest BCUT2D eigenvalue weighted by Gasteiger charge is -2.02. The number of hydrogen-bond acceptors (Lipinski definition) is 4. The number of hydrogen-bond donors (Lipinski definition) is 1. The molecule has 0 spiro atoms. The standard InChI is InChI=1S/C12H9F3N2O3/c13-12(14,15)6-5-9-16-10(20-17-9)7-3-1-2-4-8(7)11(18)19/h1-4H,5-6H2,(H,18,19). The molecule has 0 amide bonds. The molecular formula is C12H9F3N2O3. The van der Waals surface area contributed by atoms with Crippen LogP contribution in [0.4, 0.5) is 13.2 Å². The minimum absolute atomic E-state index is 0.0569. The van der Waals surface area contributed by atoms with Gasteiger partial charge in [0.1, 0.15) is 0 Å². The number of carboxylic acids is 1. The smallest absolute Gasteiger partial charge is 0.389 e. The molecule has 0 aliphatic heterocycles. The summed E-state index contributed by atoms with van der Waals surface area (Å²) in [5.74, 6) is -1.41. The number of carboxylic acid groups (broad SMARTS) is 1. The SMILES string of the molecule is O=C(O)c1ccccc1-c1nc(CCC(F)(F)F)no1. The van der Waals surface area contributed by atoms with Gasteiger partial charge in [0.25, 0.3) is 5.89 Å². The van der Waals surface area contributed by atoms with Crippen LogP contribution in [0.25, 0.3) is 11.5 Å². The number of halogens is 3. The second kappa shape index (κ2) is 5.32. The Morgan fingerprint density at radius 2 is 2.00 bits per heavy atom. The third kappa shape index (κ3) is 3.34. The Morgan fingerprint density at radius 3 is 2.65 bits per heavy atom. The average molecular weight is 286 g/mol. The normalized spacial score (nSPS) is 11.6. The molecule has 8 heteroatoms. The lowest BCUT2D eigenvalue weighted by molar-refractivity contribution is -0.134. The number of aryl methyl sites for hydroxylation is 1. The predicted octanol–water partition coefficient (Wildman–Crippen LogP) is 2.93. The van der Waals surface area contributed by atoms with Crippen LogP contribution in [-0.4, -0.2) is 27.4 Å². The summed E-state index contributed by atoms with van der Waals surface area (Å²) in [5, 5.41) is 12.4. The molecule has 0 fully saturated rings. The Bertz CT molecular complexity index is 622. The summed E-state index contributed by atoms with van der Waals surface area (Å²) in [6.45, 7) is 0. The van der Waals surface area contributed by atoms with Crippen molar-refractivity contribution < 1.29 is 27.6 Å². The lowest BCUT2D eigenvalue weighted by Crippen LogP contribution is -2.09. The van der Waals surface area contributed by atoms with E-state index in [0.717, 1.165) is 0 Å². The second-order valence-electron chi connectivity index (χ2n) is 3.98. The number of nitrogens with zero attached hydrogens (tertiary/aromatic N) is 2. The monoisotopic (exact) mass is 286 g/mol. The van der Waals surface area contributed by atoms with Crippen LogP contribution in [0, 0.1) is 0 Å². The summed E-state index contributed by atoms with van der Waals surface area (Å²) in [5.41, 5.74) is 0.115. The minimum Gasteiger partial charge on any atom is -0.478 e. The molecule has 0 radical (unpaired) electrons. The van der Waals surface area contributed by atoms with E-state index in [2.05, 4.69) is 10.1 Å². The molecule has 0 aliphatic carbocycles. The van der Waals surface area contributed by atoms with E-state index in [1.54, 1.807) is 6.07 Å². The zero-order valence-electron chi connectivity index (χ0n) is 10.0. The number of alkyl halides is 3. The largest absolute Gasteiger partial charge is 0.478 e. The van der Waals surface area contributed by atoms with E-state index in [1.165, 1.54) is 18.2 Å². The van der Waals surface area contributed by atoms with Crippen molar-refractivity contribution in [2.45, 2.75) is 19.0 Å². The fourth-order valence-electron chi connectivity index (χ4n) is 1.57.